The van der Waals surface area contributed by atoms with Crippen molar-refractivity contribution in [1.82, 2.24) is 15.2 Å². The minimum atomic E-state index is -0.693. The number of carbonyl (C=O) groups excluding carboxylic acids is 2. The summed E-state index contributed by atoms with van der Waals surface area (Å²) in [6.45, 7) is 2.32. The summed E-state index contributed by atoms with van der Waals surface area (Å²) in [5, 5.41) is 7.88. The molecule has 4 rings (SSSR count). The summed E-state index contributed by atoms with van der Waals surface area (Å²) in [5.74, 6) is 0.107. The topological polar surface area (TPSA) is 62.3 Å². The van der Waals surface area contributed by atoms with E-state index >= 15 is 0 Å². The molecule has 126 valence electrons. The number of aromatic nitrogens is 1. The van der Waals surface area contributed by atoms with Crippen molar-refractivity contribution < 1.29 is 9.59 Å². The van der Waals surface area contributed by atoms with Crippen molar-refractivity contribution in [3.05, 3.63) is 28.6 Å². The highest BCUT2D eigenvalue weighted by molar-refractivity contribution is 7.20. The van der Waals surface area contributed by atoms with Crippen molar-refractivity contribution in [3.63, 3.8) is 0 Å². The van der Waals surface area contributed by atoms with Crippen LogP contribution in [0.3, 0.4) is 0 Å². The van der Waals surface area contributed by atoms with Crippen molar-refractivity contribution in [1.29, 1.82) is 0 Å². The molecule has 1 N–H and O–H groups in total. The summed E-state index contributed by atoms with van der Waals surface area (Å²) in [4.78, 5) is 32.4. The SMILES string of the molecule is C[C@@H]1CCCC[C@@]12NC(=O)N(Cc1csc(-c3cccs3)n1)C2=O. The average molecular weight is 361 g/mol. The largest absolute Gasteiger partial charge is 0.325 e. The van der Waals surface area contributed by atoms with Gasteiger partial charge in [-0.1, -0.05) is 25.8 Å². The Balaban J connectivity index is 1.55. The molecule has 24 heavy (non-hydrogen) atoms. The predicted octanol–water partition coefficient (Wildman–Crippen LogP) is 3.87. The second kappa shape index (κ2) is 5.97. The van der Waals surface area contributed by atoms with Gasteiger partial charge < -0.3 is 5.32 Å². The van der Waals surface area contributed by atoms with Crippen LogP contribution >= 0.6 is 22.7 Å². The van der Waals surface area contributed by atoms with E-state index in [-0.39, 0.29) is 24.4 Å². The van der Waals surface area contributed by atoms with E-state index in [0.717, 1.165) is 41.3 Å². The zero-order valence-electron chi connectivity index (χ0n) is 13.4. The maximum Gasteiger partial charge on any atom is 0.325 e. The Kier molecular flexibility index (Phi) is 3.92. The smallest absolute Gasteiger partial charge is 0.323 e. The van der Waals surface area contributed by atoms with E-state index < -0.39 is 5.54 Å². The van der Waals surface area contributed by atoms with Gasteiger partial charge in [-0.25, -0.2) is 9.78 Å². The fourth-order valence-corrected chi connectivity index (χ4v) is 5.32. The minimum absolute atomic E-state index is 0.0784. The molecule has 0 aromatic carbocycles. The number of carbonyl (C=O) groups is 2. The van der Waals surface area contributed by atoms with Gasteiger partial charge in [-0.15, -0.1) is 22.7 Å². The third-order valence-corrected chi connectivity index (χ3v) is 7.04. The first-order chi connectivity index (χ1) is 11.6. The molecule has 2 fully saturated rings. The number of nitrogens with zero attached hydrogens (tertiary/aromatic N) is 2. The summed E-state index contributed by atoms with van der Waals surface area (Å²) in [5.41, 5.74) is 0.0782. The van der Waals surface area contributed by atoms with E-state index in [2.05, 4.69) is 17.2 Å². The second-order valence-corrected chi connectivity index (χ2v) is 8.37. The molecule has 2 atom stereocenters. The standard InChI is InChI=1S/C17H19N3O2S2/c1-11-5-2-3-7-17(11)15(21)20(16(22)19-17)9-12-10-24-14(18-12)13-6-4-8-23-13/h4,6,8,10-11H,2-3,5,7,9H2,1H3,(H,19,22)/t11-,17-/m1/s1. The molecule has 0 radical (unpaired) electrons. The molecular weight excluding hydrogens is 342 g/mol. The van der Waals surface area contributed by atoms with E-state index in [1.54, 1.807) is 22.7 Å². The first-order valence-electron chi connectivity index (χ1n) is 8.22. The van der Waals surface area contributed by atoms with Crippen molar-refractivity contribution in [2.75, 3.05) is 0 Å². The van der Waals surface area contributed by atoms with E-state index in [0.29, 0.717) is 0 Å². The molecule has 5 nitrogen and oxygen atoms in total. The van der Waals surface area contributed by atoms with Gasteiger partial charge in [0.05, 0.1) is 17.1 Å². The molecule has 0 bridgehead atoms. The quantitative estimate of drug-likeness (QED) is 0.844. The predicted molar refractivity (Wildman–Crippen MR) is 94.9 cm³/mol. The van der Waals surface area contributed by atoms with Crippen LogP contribution in [0.2, 0.25) is 0 Å². The van der Waals surface area contributed by atoms with Gasteiger partial charge in [0.2, 0.25) is 0 Å². The number of hydrogen-bond acceptors (Lipinski definition) is 5. The molecule has 2 aliphatic rings. The Morgan fingerprint density at radius 2 is 2.25 bits per heavy atom. The van der Waals surface area contributed by atoms with Gasteiger partial charge in [0.25, 0.3) is 5.91 Å². The molecular formula is C17H19N3O2S2. The molecule has 1 spiro atoms. The lowest BCUT2D eigenvalue weighted by molar-refractivity contribution is -0.134. The van der Waals surface area contributed by atoms with Crippen molar-refractivity contribution in [2.24, 2.45) is 5.92 Å². The molecule has 3 amide bonds. The highest BCUT2D eigenvalue weighted by Crippen LogP contribution is 2.38. The lowest BCUT2D eigenvalue weighted by Gasteiger charge is -2.36. The lowest BCUT2D eigenvalue weighted by atomic mass is 9.73. The van der Waals surface area contributed by atoms with Crippen LogP contribution in [0.5, 0.6) is 0 Å². The van der Waals surface area contributed by atoms with Crippen LogP contribution in [0, 0.1) is 5.92 Å². The summed E-state index contributed by atoms with van der Waals surface area (Å²) in [7, 11) is 0. The number of thiazole rings is 1. The van der Waals surface area contributed by atoms with E-state index in [9.17, 15) is 9.59 Å². The van der Waals surface area contributed by atoms with Crippen molar-refractivity contribution in [3.8, 4) is 9.88 Å². The van der Waals surface area contributed by atoms with E-state index in [1.165, 1.54) is 4.90 Å². The fraction of sp³-hybridized carbons (Fsp3) is 0.471. The Morgan fingerprint density at radius 1 is 1.38 bits per heavy atom. The number of hydrogen-bond donors (Lipinski definition) is 1. The summed E-state index contributed by atoms with van der Waals surface area (Å²) in [6.07, 6.45) is 3.84. The van der Waals surface area contributed by atoms with E-state index in [1.807, 2.05) is 22.9 Å². The number of thiophene rings is 1. The summed E-state index contributed by atoms with van der Waals surface area (Å²) < 4.78 is 0. The molecule has 2 aromatic rings. The molecule has 2 aromatic heterocycles. The van der Waals surface area contributed by atoms with Gasteiger partial charge in [0.15, 0.2) is 0 Å². The van der Waals surface area contributed by atoms with Gasteiger partial charge in [-0.05, 0) is 30.2 Å². The first-order valence-corrected chi connectivity index (χ1v) is 9.98. The fourth-order valence-electron chi connectivity index (χ4n) is 3.69. The minimum Gasteiger partial charge on any atom is -0.323 e. The number of nitrogens with one attached hydrogen (secondary N) is 1. The highest BCUT2D eigenvalue weighted by atomic mass is 32.1. The lowest BCUT2D eigenvalue weighted by Crippen LogP contribution is -2.53. The second-order valence-electron chi connectivity index (χ2n) is 6.56. The Morgan fingerprint density at radius 3 is 3.00 bits per heavy atom. The van der Waals surface area contributed by atoms with Crippen LogP contribution in [0.15, 0.2) is 22.9 Å². The molecule has 1 saturated heterocycles. The van der Waals surface area contributed by atoms with Crippen LogP contribution in [0.4, 0.5) is 4.79 Å². The zero-order valence-corrected chi connectivity index (χ0v) is 15.1. The highest BCUT2D eigenvalue weighted by Gasteiger charge is 2.54. The van der Waals surface area contributed by atoms with E-state index in [4.69, 9.17) is 0 Å². The number of rotatable bonds is 3. The molecule has 0 unspecified atom stereocenters. The third kappa shape index (κ3) is 2.46. The van der Waals surface area contributed by atoms with Crippen molar-refractivity contribution >= 4 is 34.6 Å². The molecule has 1 saturated carbocycles. The number of amides is 3. The number of urea groups is 1. The van der Waals surface area contributed by atoms with Crippen molar-refractivity contribution in [2.45, 2.75) is 44.7 Å². The first kappa shape index (κ1) is 15.8. The van der Waals surface area contributed by atoms with Crippen LogP contribution < -0.4 is 5.32 Å². The maximum atomic E-state index is 13.0. The zero-order chi connectivity index (χ0) is 16.7. The van der Waals surface area contributed by atoms with Gasteiger partial charge in [-0.2, -0.15) is 0 Å². The molecule has 7 heteroatoms. The molecule has 1 aliphatic carbocycles. The average Bonchev–Trinajstić information content (AvgIpc) is 3.28. The summed E-state index contributed by atoms with van der Waals surface area (Å²) in [6, 6.07) is 3.74. The monoisotopic (exact) mass is 361 g/mol. The van der Waals surface area contributed by atoms with Crippen LogP contribution in [-0.2, 0) is 11.3 Å². The number of imide groups is 1. The Labute approximate surface area is 148 Å². The van der Waals surface area contributed by atoms with Gasteiger partial charge in [0.1, 0.15) is 10.5 Å². The Hall–Kier alpha value is -1.73. The molecule has 1 aliphatic heterocycles. The normalized spacial score (nSPS) is 27.0. The molecule has 3 heterocycles. The summed E-state index contributed by atoms with van der Waals surface area (Å²) >= 11 is 3.19. The van der Waals surface area contributed by atoms with Gasteiger partial charge >= 0.3 is 6.03 Å². The Bertz CT molecular complexity index is 771. The van der Waals surface area contributed by atoms with Crippen LogP contribution in [0.25, 0.3) is 9.88 Å². The van der Waals surface area contributed by atoms with Crippen LogP contribution in [-0.4, -0.2) is 27.4 Å². The van der Waals surface area contributed by atoms with Gasteiger partial charge in [-0.3, -0.25) is 9.69 Å². The van der Waals surface area contributed by atoms with Gasteiger partial charge in [0, 0.05) is 5.38 Å². The maximum absolute atomic E-state index is 13.0. The van der Waals surface area contributed by atoms with Crippen LogP contribution in [0.1, 0.15) is 38.3 Å². The third-order valence-electron chi connectivity index (χ3n) is 5.11.